The monoisotopic (exact) mass is 429 g/mol. The highest BCUT2D eigenvalue weighted by Crippen LogP contribution is 2.36. The molecule has 3 atom stereocenters. The number of likely N-dealkylation sites (tertiary alicyclic amines) is 1. The van der Waals surface area contributed by atoms with Crippen LogP contribution in [0, 0.1) is 0 Å². The van der Waals surface area contributed by atoms with Crippen LogP contribution in [0.2, 0.25) is 0 Å². The Labute approximate surface area is 181 Å². The van der Waals surface area contributed by atoms with Crippen LogP contribution < -0.4 is 5.32 Å². The molecule has 3 heterocycles. The maximum Gasteiger partial charge on any atom is 0.410 e. The zero-order valence-corrected chi connectivity index (χ0v) is 18.4. The van der Waals surface area contributed by atoms with E-state index in [2.05, 4.69) is 20.6 Å². The van der Waals surface area contributed by atoms with Crippen LogP contribution in [0.4, 0.5) is 10.6 Å². The standard InChI is InChI=1S/C21H31N7O3/c1-14-7-9-27(14)21(30)31-16-5-4-15(12-16)17-13-19(25-24-17)23-20(29)18-6-8-22-28(18)11-10-26(2)3/h6,8,13-16H,4-5,7,9-12H2,1-3H3,(H2,23,24,25,29)/t14-,15-,16?/m0/s1. The molecule has 0 bridgehead atoms. The number of likely N-dealkylation sites (N-methyl/N-ethyl adjacent to an activating group) is 1. The fourth-order valence-electron chi connectivity index (χ4n) is 4.12. The Morgan fingerprint density at radius 2 is 2.16 bits per heavy atom. The normalized spacial score (nSPS) is 23.1. The maximum absolute atomic E-state index is 12.7. The molecule has 2 aliphatic rings. The Hall–Kier alpha value is -2.88. The SMILES string of the molecule is C[C@H]1CCN1C(=O)OC1CC[C@H](c2cc(NC(=O)c3ccnn3CCN(C)C)n[nH]2)C1. The minimum Gasteiger partial charge on any atom is -0.446 e. The van der Waals surface area contributed by atoms with E-state index >= 15 is 0 Å². The Morgan fingerprint density at radius 3 is 2.87 bits per heavy atom. The molecule has 2 aromatic rings. The molecule has 31 heavy (non-hydrogen) atoms. The van der Waals surface area contributed by atoms with Gasteiger partial charge in [0.05, 0.1) is 6.54 Å². The van der Waals surface area contributed by atoms with E-state index < -0.39 is 0 Å². The van der Waals surface area contributed by atoms with E-state index in [9.17, 15) is 9.59 Å². The van der Waals surface area contributed by atoms with Gasteiger partial charge in [0.2, 0.25) is 0 Å². The van der Waals surface area contributed by atoms with Crippen LogP contribution in [0.5, 0.6) is 0 Å². The van der Waals surface area contributed by atoms with Crippen LogP contribution in [0.15, 0.2) is 18.3 Å². The zero-order chi connectivity index (χ0) is 22.0. The van der Waals surface area contributed by atoms with Gasteiger partial charge in [-0.1, -0.05) is 0 Å². The number of carbonyl (C=O) groups excluding carboxylic acids is 2. The third-order valence-corrected chi connectivity index (χ3v) is 6.19. The second-order valence-corrected chi connectivity index (χ2v) is 8.75. The quantitative estimate of drug-likeness (QED) is 0.699. The largest absolute Gasteiger partial charge is 0.446 e. The number of aromatic nitrogens is 4. The van der Waals surface area contributed by atoms with E-state index in [1.165, 1.54) is 0 Å². The minimum atomic E-state index is -0.240. The van der Waals surface area contributed by atoms with E-state index in [0.717, 1.165) is 44.5 Å². The summed E-state index contributed by atoms with van der Waals surface area (Å²) in [5, 5.41) is 14.4. The number of hydrogen-bond acceptors (Lipinski definition) is 6. The number of hydrogen-bond donors (Lipinski definition) is 2. The Balaban J connectivity index is 1.30. The summed E-state index contributed by atoms with van der Waals surface area (Å²) in [5.74, 6) is 0.474. The van der Waals surface area contributed by atoms with Gasteiger partial charge in [0, 0.05) is 43.0 Å². The summed E-state index contributed by atoms with van der Waals surface area (Å²) in [6.45, 7) is 4.25. The molecule has 1 aliphatic heterocycles. The van der Waals surface area contributed by atoms with E-state index in [4.69, 9.17) is 4.74 Å². The van der Waals surface area contributed by atoms with Crippen molar-refractivity contribution in [2.75, 3.05) is 32.5 Å². The molecule has 2 amide bonds. The lowest BCUT2D eigenvalue weighted by Crippen LogP contribution is -2.50. The number of nitrogens with one attached hydrogen (secondary N) is 2. The summed E-state index contributed by atoms with van der Waals surface area (Å²) in [4.78, 5) is 28.7. The Morgan fingerprint density at radius 1 is 1.32 bits per heavy atom. The summed E-state index contributed by atoms with van der Waals surface area (Å²) in [6, 6.07) is 3.85. The van der Waals surface area contributed by atoms with Crippen LogP contribution >= 0.6 is 0 Å². The first kappa shape index (κ1) is 21.4. The molecule has 1 aliphatic carbocycles. The smallest absolute Gasteiger partial charge is 0.410 e. The predicted molar refractivity (Wildman–Crippen MR) is 115 cm³/mol. The second-order valence-electron chi connectivity index (χ2n) is 8.75. The van der Waals surface area contributed by atoms with Gasteiger partial charge in [0.1, 0.15) is 11.8 Å². The number of nitrogens with zero attached hydrogens (tertiary/aromatic N) is 5. The Kier molecular flexibility index (Phi) is 6.26. The first-order valence-corrected chi connectivity index (χ1v) is 10.9. The van der Waals surface area contributed by atoms with Crippen LogP contribution in [0.1, 0.15) is 54.7 Å². The lowest BCUT2D eigenvalue weighted by molar-refractivity contribution is 0.0281. The van der Waals surface area contributed by atoms with Gasteiger partial charge in [-0.25, -0.2) is 4.79 Å². The zero-order valence-electron chi connectivity index (χ0n) is 18.4. The van der Waals surface area contributed by atoms with Gasteiger partial charge in [-0.15, -0.1) is 0 Å². The first-order valence-electron chi connectivity index (χ1n) is 10.9. The minimum absolute atomic E-state index is 0.0716. The average Bonchev–Trinajstić information content (AvgIpc) is 3.45. The van der Waals surface area contributed by atoms with E-state index in [-0.39, 0.29) is 30.1 Å². The predicted octanol–water partition coefficient (Wildman–Crippen LogP) is 2.29. The molecule has 10 heteroatoms. The lowest BCUT2D eigenvalue weighted by Gasteiger charge is -2.38. The highest BCUT2D eigenvalue weighted by atomic mass is 16.6. The number of H-pyrrole nitrogens is 1. The van der Waals surface area contributed by atoms with Gasteiger partial charge >= 0.3 is 6.09 Å². The van der Waals surface area contributed by atoms with E-state index in [0.29, 0.717) is 18.1 Å². The highest BCUT2D eigenvalue weighted by molar-refractivity contribution is 6.02. The van der Waals surface area contributed by atoms with Gasteiger partial charge in [-0.3, -0.25) is 14.6 Å². The molecule has 1 unspecified atom stereocenters. The maximum atomic E-state index is 12.7. The number of carbonyl (C=O) groups is 2. The fraction of sp³-hybridized carbons (Fsp3) is 0.619. The van der Waals surface area contributed by atoms with Crippen molar-refractivity contribution in [2.24, 2.45) is 0 Å². The topological polar surface area (TPSA) is 108 Å². The molecule has 0 aromatic carbocycles. The van der Waals surface area contributed by atoms with Crippen molar-refractivity contribution in [3.63, 3.8) is 0 Å². The molecule has 2 aromatic heterocycles. The third-order valence-electron chi connectivity index (χ3n) is 6.19. The van der Waals surface area contributed by atoms with Crippen molar-refractivity contribution in [1.82, 2.24) is 29.8 Å². The summed E-state index contributed by atoms with van der Waals surface area (Å²) < 4.78 is 7.37. The van der Waals surface area contributed by atoms with Crippen LogP contribution in [-0.2, 0) is 11.3 Å². The number of aromatic amines is 1. The third kappa shape index (κ3) is 4.90. The number of amides is 2. The van der Waals surface area contributed by atoms with Crippen molar-refractivity contribution in [3.8, 4) is 0 Å². The van der Waals surface area contributed by atoms with Gasteiger partial charge in [-0.05, 0) is 52.8 Å². The molecule has 4 rings (SSSR count). The van der Waals surface area contributed by atoms with Gasteiger partial charge in [0.15, 0.2) is 5.82 Å². The summed E-state index contributed by atoms with van der Waals surface area (Å²) >= 11 is 0. The van der Waals surface area contributed by atoms with Crippen molar-refractivity contribution < 1.29 is 14.3 Å². The molecule has 168 valence electrons. The molecule has 1 saturated carbocycles. The molecule has 2 fully saturated rings. The molecule has 10 nitrogen and oxygen atoms in total. The number of rotatable bonds is 7. The molecular formula is C21H31N7O3. The molecule has 2 N–H and O–H groups in total. The van der Waals surface area contributed by atoms with E-state index in [1.54, 1.807) is 21.8 Å². The molecule has 0 radical (unpaired) electrons. The summed E-state index contributed by atoms with van der Waals surface area (Å²) in [6.07, 6.45) is 4.92. The van der Waals surface area contributed by atoms with Crippen molar-refractivity contribution in [3.05, 3.63) is 29.7 Å². The summed E-state index contributed by atoms with van der Waals surface area (Å²) in [5.41, 5.74) is 1.45. The highest BCUT2D eigenvalue weighted by Gasteiger charge is 2.34. The van der Waals surface area contributed by atoms with Crippen molar-refractivity contribution >= 4 is 17.8 Å². The van der Waals surface area contributed by atoms with E-state index in [1.807, 2.05) is 32.0 Å². The van der Waals surface area contributed by atoms with Gasteiger partial charge < -0.3 is 19.9 Å². The second kappa shape index (κ2) is 9.09. The van der Waals surface area contributed by atoms with Crippen molar-refractivity contribution in [1.29, 1.82) is 0 Å². The first-order chi connectivity index (χ1) is 14.9. The fourth-order valence-corrected chi connectivity index (χ4v) is 4.12. The molecular weight excluding hydrogens is 398 g/mol. The van der Waals surface area contributed by atoms with Crippen LogP contribution in [-0.4, -0.2) is 81.1 Å². The lowest BCUT2D eigenvalue weighted by atomic mass is 10.0. The molecule has 0 spiro atoms. The molecule has 1 saturated heterocycles. The Bertz CT molecular complexity index is 922. The summed E-state index contributed by atoms with van der Waals surface area (Å²) in [7, 11) is 3.96. The van der Waals surface area contributed by atoms with Crippen molar-refractivity contribution in [2.45, 2.75) is 57.2 Å². The van der Waals surface area contributed by atoms with Crippen LogP contribution in [0.25, 0.3) is 0 Å². The number of ether oxygens (including phenoxy) is 1. The van der Waals surface area contributed by atoms with Gasteiger partial charge in [0.25, 0.3) is 5.91 Å². The van der Waals surface area contributed by atoms with Crippen LogP contribution in [0.3, 0.4) is 0 Å². The average molecular weight is 430 g/mol. The number of anilines is 1. The van der Waals surface area contributed by atoms with Gasteiger partial charge in [-0.2, -0.15) is 10.2 Å².